The summed E-state index contributed by atoms with van der Waals surface area (Å²) in [6.45, 7) is 3.17. The van der Waals surface area contributed by atoms with Crippen molar-refractivity contribution in [1.29, 1.82) is 0 Å². The van der Waals surface area contributed by atoms with Crippen molar-refractivity contribution >= 4 is 44.9 Å². The first-order valence-electron chi connectivity index (χ1n) is 8.70. The van der Waals surface area contributed by atoms with E-state index in [2.05, 4.69) is 11.0 Å². The SMILES string of the molecule is COc1cccc(CN2CCN(S(=O)(=O)c3ccc(Cl)s3)CC2)c1.O=C(O)C(=O)O. The van der Waals surface area contributed by atoms with Gasteiger partial charge >= 0.3 is 11.9 Å². The van der Waals surface area contributed by atoms with Crippen LogP contribution in [0.5, 0.6) is 5.75 Å². The molecule has 164 valence electrons. The molecule has 0 atom stereocenters. The molecule has 1 aliphatic rings. The number of rotatable bonds is 5. The Balaban J connectivity index is 0.000000469. The van der Waals surface area contributed by atoms with Crippen molar-refractivity contribution in [3.63, 3.8) is 0 Å². The first-order chi connectivity index (χ1) is 14.1. The lowest BCUT2D eigenvalue weighted by molar-refractivity contribution is -0.159. The predicted molar refractivity (Wildman–Crippen MR) is 112 cm³/mol. The second-order valence-corrected chi connectivity index (χ2v) is 10.1. The molecule has 2 heterocycles. The first-order valence-corrected chi connectivity index (χ1v) is 11.3. The minimum Gasteiger partial charge on any atom is -0.497 e. The molecular formula is C18H21ClN2O7S2. The number of nitrogens with zero attached hydrogens (tertiary/aromatic N) is 2. The van der Waals surface area contributed by atoms with Crippen LogP contribution < -0.4 is 4.74 Å². The second kappa shape index (κ2) is 10.7. The number of hydrogen-bond acceptors (Lipinski definition) is 7. The highest BCUT2D eigenvalue weighted by molar-refractivity contribution is 7.91. The van der Waals surface area contributed by atoms with E-state index in [1.165, 1.54) is 4.31 Å². The Kier molecular flexibility index (Phi) is 8.62. The second-order valence-electron chi connectivity index (χ2n) is 6.20. The quantitative estimate of drug-likeness (QED) is 0.628. The third-order valence-corrected chi connectivity index (χ3v) is 7.79. The van der Waals surface area contributed by atoms with E-state index in [-0.39, 0.29) is 0 Å². The number of sulfonamides is 1. The van der Waals surface area contributed by atoms with Gasteiger partial charge in [0.25, 0.3) is 10.0 Å². The van der Waals surface area contributed by atoms with Gasteiger partial charge in [-0.1, -0.05) is 23.7 Å². The largest absolute Gasteiger partial charge is 0.497 e. The van der Waals surface area contributed by atoms with Gasteiger partial charge in [0.2, 0.25) is 0 Å². The van der Waals surface area contributed by atoms with Crippen molar-refractivity contribution in [3.8, 4) is 5.75 Å². The lowest BCUT2D eigenvalue weighted by Crippen LogP contribution is -2.48. The topological polar surface area (TPSA) is 124 Å². The molecule has 30 heavy (non-hydrogen) atoms. The van der Waals surface area contributed by atoms with Gasteiger partial charge in [0, 0.05) is 32.7 Å². The first kappa shape index (κ1) is 24.1. The number of ether oxygens (including phenoxy) is 1. The summed E-state index contributed by atoms with van der Waals surface area (Å²) in [6, 6.07) is 11.1. The monoisotopic (exact) mass is 476 g/mol. The Hall–Kier alpha value is -2.18. The molecule has 2 aromatic rings. The fourth-order valence-electron chi connectivity index (χ4n) is 2.72. The highest BCUT2D eigenvalue weighted by Crippen LogP contribution is 2.28. The average molecular weight is 477 g/mol. The summed E-state index contributed by atoms with van der Waals surface area (Å²) in [4.78, 5) is 20.5. The summed E-state index contributed by atoms with van der Waals surface area (Å²) in [6.07, 6.45) is 0. The van der Waals surface area contributed by atoms with E-state index in [0.29, 0.717) is 34.7 Å². The predicted octanol–water partition coefficient (Wildman–Crippen LogP) is 2.07. The summed E-state index contributed by atoms with van der Waals surface area (Å²) < 4.78 is 32.8. The molecule has 0 amide bonds. The molecule has 9 nitrogen and oxygen atoms in total. The van der Waals surface area contributed by atoms with Crippen LogP contribution in [0.1, 0.15) is 5.56 Å². The number of hydrogen-bond donors (Lipinski definition) is 2. The van der Waals surface area contributed by atoms with Crippen LogP contribution in [0.15, 0.2) is 40.6 Å². The van der Waals surface area contributed by atoms with Crippen LogP contribution in [0.4, 0.5) is 0 Å². The zero-order valence-corrected chi connectivity index (χ0v) is 18.4. The molecule has 1 fully saturated rings. The van der Waals surface area contributed by atoms with E-state index in [1.54, 1.807) is 19.2 Å². The third-order valence-electron chi connectivity index (χ3n) is 4.20. The number of benzene rings is 1. The average Bonchev–Trinajstić information content (AvgIpc) is 3.16. The van der Waals surface area contributed by atoms with E-state index in [1.807, 2.05) is 18.2 Å². The summed E-state index contributed by atoms with van der Waals surface area (Å²) in [7, 11) is -1.78. The van der Waals surface area contributed by atoms with Crippen molar-refractivity contribution in [2.45, 2.75) is 10.8 Å². The van der Waals surface area contributed by atoms with Gasteiger partial charge < -0.3 is 14.9 Å². The molecule has 3 rings (SSSR count). The highest BCUT2D eigenvalue weighted by atomic mass is 35.5. The number of piperazine rings is 1. The van der Waals surface area contributed by atoms with E-state index in [4.69, 9.17) is 36.1 Å². The zero-order chi connectivity index (χ0) is 22.3. The molecular weight excluding hydrogens is 456 g/mol. The van der Waals surface area contributed by atoms with Gasteiger partial charge in [-0.2, -0.15) is 4.31 Å². The molecule has 2 N–H and O–H groups in total. The Bertz CT molecular complexity index is 974. The summed E-state index contributed by atoms with van der Waals surface area (Å²) in [5.41, 5.74) is 1.16. The minimum atomic E-state index is -3.43. The van der Waals surface area contributed by atoms with Crippen LogP contribution in [0.2, 0.25) is 4.34 Å². The normalized spacial score (nSPS) is 15.1. The molecule has 0 radical (unpaired) electrons. The molecule has 0 spiro atoms. The van der Waals surface area contributed by atoms with Gasteiger partial charge in [0.05, 0.1) is 11.4 Å². The van der Waals surface area contributed by atoms with Gasteiger partial charge in [-0.25, -0.2) is 18.0 Å². The number of halogens is 1. The van der Waals surface area contributed by atoms with Crippen LogP contribution in [0.3, 0.4) is 0 Å². The van der Waals surface area contributed by atoms with E-state index < -0.39 is 22.0 Å². The van der Waals surface area contributed by atoms with Gasteiger partial charge in [0.15, 0.2) is 0 Å². The van der Waals surface area contributed by atoms with E-state index in [9.17, 15) is 8.42 Å². The van der Waals surface area contributed by atoms with Crippen molar-refractivity contribution in [2.24, 2.45) is 0 Å². The summed E-state index contributed by atoms with van der Waals surface area (Å²) in [5.74, 6) is -2.81. The van der Waals surface area contributed by atoms with Crippen LogP contribution >= 0.6 is 22.9 Å². The van der Waals surface area contributed by atoms with Gasteiger partial charge in [-0.05, 0) is 29.8 Å². The molecule has 0 aliphatic carbocycles. The molecule has 0 saturated carbocycles. The number of methoxy groups -OCH3 is 1. The van der Waals surface area contributed by atoms with E-state index >= 15 is 0 Å². The number of aliphatic carboxylic acids is 2. The van der Waals surface area contributed by atoms with Gasteiger partial charge in [-0.3, -0.25) is 4.90 Å². The van der Waals surface area contributed by atoms with Crippen LogP contribution in [0.25, 0.3) is 0 Å². The lowest BCUT2D eigenvalue weighted by atomic mass is 10.2. The maximum Gasteiger partial charge on any atom is 0.414 e. The number of thiophene rings is 1. The van der Waals surface area contributed by atoms with E-state index in [0.717, 1.165) is 29.2 Å². The van der Waals surface area contributed by atoms with Crippen LogP contribution in [0, 0.1) is 0 Å². The zero-order valence-electron chi connectivity index (χ0n) is 16.0. The molecule has 1 aromatic carbocycles. The maximum atomic E-state index is 12.6. The molecule has 1 aromatic heterocycles. The van der Waals surface area contributed by atoms with Gasteiger partial charge in [0.1, 0.15) is 9.96 Å². The fraction of sp³-hybridized carbons (Fsp3) is 0.333. The third kappa shape index (κ3) is 6.67. The van der Waals surface area contributed by atoms with Gasteiger partial charge in [-0.15, -0.1) is 11.3 Å². The van der Waals surface area contributed by atoms with Crippen molar-refractivity contribution < 1.29 is 33.0 Å². The Labute approximate surface area is 183 Å². The lowest BCUT2D eigenvalue weighted by Gasteiger charge is -2.33. The summed E-state index contributed by atoms with van der Waals surface area (Å²) in [5, 5.41) is 14.8. The Morgan fingerprint density at radius 3 is 2.23 bits per heavy atom. The molecule has 0 bridgehead atoms. The minimum absolute atomic E-state index is 0.314. The molecule has 1 aliphatic heterocycles. The van der Waals surface area contributed by atoms with Crippen molar-refractivity contribution in [2.75, 3.05) is 33.3 Å². The Morgan fingerprint density at radius 1 is 1.10 bits per heavy atom. The summed E-state index contributed by atoms with van der Waals surface area (Å²) >= 11 is 6.96. The van der Waals surface area contributed by atoms with Crippen LogP contribution in [-0.2, 0) is 26.2 Å². The highest BCUT2D eigenvalue weighted by Gasteiger charge is 2.29. The smallest absolute Gasteiger partial charge is 0.414 e. The number of carboxylic acid groups (broad SMARTS) is 2. The fourth-order valence-corrected chi connectivity index (χ4v) is 5.78. The molecule has 12 heteroatoms. The maximum absolute atomic E-state index is 12.6. The standard InChI is InChI=1S/C16H19ClN2O3S2.C2H2O4/c1-22-14-4-2-3-13(11-14)12-18-7-9-19(10-8-18)24(20,21)16-6-5-15(17)23-16;3-1(4)2(5)6/h2-6,11H,7-10,12H2,1H3;(H,3,4)(H,5,6). The van der Waals surface area contributed by atoms with Crippen molar-refractivity contribution in [1.82, 2.24) is 9.21 Å². The Morgan fingerprint density at radius 2 is 1.73 bits per heavy atom. The number of carboxylic acids is 2. The van der Waals surface area contributed by atoms with Crippen molar-refractivity contribution in [3.05, 3.63) is 46.3 Å². The molecule has 0 unspecified atom stereocenters. The molecule has 1 saturated heterocycles. The number of carbonyl (C=O) groups is 2. The van der Waals surface area contributed by atoms with Crippen LogP contribution in [-0.4, -0.2) is 73.1 Å².